The summed E-state index contributed by atoms with van der Waals surface area (Å²) in [7, 11) is 0. The molecule has 0 saturated heterocycles. The van der Waals surface area contributed by atoms with Crippen molar-refractivity contribution in [2.45, 2.75) is 26.3 Å². The molecule has 0 bridgehead atoms. The molecule has 0 unspecified atom stereocenters. The molecule has 0 spiro atoms. The zero-order chi connectivity index (χ0) is 16.7. The highest BCUT2D eigenvalue weighted by Crippen LogP contribution is 2.28. The first-order valence-electron chi connectivity index (χ1n) is 8.22. The lowest BCUT2D eigenvalue weighted by atomic mass is 10.0. The molecule has 0 fully saturated rings. The number of fused-ring (bicyclic) bond motifs is 3. The van der Waals surface area contributed by atoms with Crippen LogP contribution in [0.3, 0.4) is 0 Å². The van der Waals surface area contributed by atoms with Crippen molar-refractivity contribution in [2.24, 2.45) is 0 Å². The number of halogens is 1. The van der Waals surface area contributed by atoms with E-state index in [1.807, 2.05) is 29.2 Å². The van der Waals surface area contributed by atoms with Gasteiger partial charge in [-0.1, -0.05) is 40.2 Å². The third-order valence-corrected chi connectivity index (χ3v) is 5.22. The van der Waals surface area contributed by atoms with Crippen LogP contribution in [0, 0.1) is 6.92 Å². The van der Waals surface area contributed by atoms with Gasteiger partial charge in [0.25, 0.3) is 0 Å². The Bertz CT molecular complexity index is 929. The Hall–Kier alpha value is -2.07. The molecular formula is C20H19BrN2O. The fraction of sp³-hybridized carbons (Fsp3) is 0.250. The molecule has 0 saturated carbocycles. The van der Waals surface area contributed by atoms with Crippen molar-refractivity contribution in [1.82, 2.24) is 9.88 Å². The van der Waals surface area contributed by atoms with Crippen LogP contribution in [0.25, 0.3) is 10.9 Å². The quantitative estimate of drug-likeness (QED) is 0.701. The first-order valence-corrected chi connectivity index (χ1v) is 9.02. The van der Waals surface area contributed by atoms with Gasteiger partial charge >= 0.3 is 0 Å². The van der Waals surface area contributed by atoms with E-state index in [4.69, 9.17) is 0 Å². The van der Waals surface area contributed by atoms with Crippen LogP contribution in [0.2, 0.25) is 0 Å². The van der Waals surface area contributed by atoms with Gasteiger partial charge in [0.05, 0.1) is 6.42 Å². The van der Waals surface area contributed by atoms with Gasteiger partial charge in [0, 0.05) is 46.1 Å². The molecule has 1 N–H and O–H groups in total. The molecule has 3 aromatic rings. The first kappa shape index (κ1) is 15.5. The Morgan fingerprint density at radius 3 is 2.96 bits per heavy atom. The van der Waals surface area contributed by atoms with Gasteiger partial charge in [0.1, 0.15) is 0 Å². The Kier molecular flexibility index (Phi) is 3.93. The molecule has 0 radical (unpaired) electrons. The predicted molar refractivity (Wildman–Crippen MR) is 100 cm³/mol. The number of aromatic nitrogens is 1. The summed E-state index contributed by atoms with van der Waals surface area (Å²) in [4.78, 5) is 18.2. The van der Waals surface area contributed by atoms with Crippen LogP contribution in [-0.4, -0.2) is 22.3 Å². The van der Waals surface area contributed by atoms with Crippen LogP contribution >= 0.6 is 15.9 Å². The van der Waals surface area contributed by atoms with Gasteiger partial charge in [0.2, 0.25) is 5.91 Å². The lowest BCUT2D eigenvalue weighted by Gasteiger charge is -2.27. The molecule has 0 aliphatic carbocycles. The van der Waals surface area contributed by atoms with Crippen molar-refractivity contribution in [3.63, 3.8) is 0 Å². The van der Waals surface area contributed by atoms with Crippen LogP contribution in [0.5, 0.6) is 0 Å². The third kappa shape index (κ3) is 2.86. The summed E-state index contributed by atoms with van der Waals surface area (Å²) in [5.74, 6) is 0.195. The van der Waals surface area contributed by atoms with E-state index in [0.29, 0.717) is 13.0 Å². The van der Waals surface area contributed by atoms with Crippen LogP contribution in [-0.2, 0) is 24.2 Å². The molecule has 122 valence electrons. The number of aryl methyl sites for hydroxylation is 1. The maximum absolute atomic E-state index is 12.7. The second-order valence-electron chi connectivity index (χ2n) is 6.50. The zero-order valence-electron chi connectivity index (χ0n) is 13.6. The summed E-state index contributed by atoms with van der Waals surface area (Å²) >= 11 is 3.47. The van der Waals surface area contributed by atoms with Gasteiger partial charge in [-0.05, 0) is 36.2 Å². The van der Waals surface area contributed by atoms with Crippen LogP contribution < -0.4 is 0 Å². The summed E-state index contributed by atoms with van der Waals surface area (Å²) in [5, 5.41) is 1.25. The topological polar surface area (TPSA) is 36.1 Å². The van der Waals surface area contributed by atoms with Crippen molar-refractivity contribution >= 4 is 32.7 Å². The van der Waals surface area contributed by atoms with Gasteiger partial charge in [-0.25, -0.2) is 0 Å². The number of hydrogen-bond acceptors (Lipinski definition) is 1. The second-order valence-corrected chi connectivity index (χ2v) is 7.42. The number of amides is 1. The molecule has 3 nitrogen and oxygen atoms in total. The highest BCUT2D eigenvalue weighted by atomic mass is 79.9. The molecule has 0 atom stereocenters. The third-order valence-electron chi connectivity index (χ3n) is 4.73. The number of nitrogens with one attached hydrogen (secondary N) is 1. The molecule has 4 heteroatoms. The number of carbonyl (C=O) groups is 1. The van der Waals surface area contributed by atoms with Crippen LogP contribution in [0.4, 0.5) is 0 Å². The largest absolute Gasteiger partial charge is 0.358 e. The Morgan fingerprint density at radius 2 is 2.12 bits per heavy atom. The van der Waals surface area contributed by atoms with E-state index < -0.39 is 0 Å². The van der Waals surface area contributed by atoms with Gasteiger partial charge in [-0.3, -0.25) is 4.79 Å². The average molecular weight is 383 g/mol. The van der Waals surface area contributed by atoms with Gasteiger partial charge in [-0.15, -0.1) is 0 Å². The number of hydrogen-bond donors (Lipinski definition) is 1. The van der Waals surface area contributed by atoms with E-state index in [2.05, 4.69) is 46.0 Å². The standard InChI is InChI=1S/C20H19BrN2O/c1-13-5-6-16-17-12-23(8-7-18(17)22-19(16)9-13)20(24)11-14-3-2-4-15(21)10-14/h2-6,9-10,22H,7-8,11-12H2,1H3. The monoisotopic (exact) mass is 382 g/mol. The number of nitrogens with zero attached hydrogens (tertiary/aromatic N) is 1. The minimum atomic E-state index is 0.195. The second kappa shape index (κ2) is 6.10. The number of H-pyrrole nitrogens is 1. The van der Waals surface area contributed by atoms with Gasteiger partial charge in [-0.2, -0.15) is 0 Å². The lowest BCUT2D eigenvalue weighted by molar-refractivity contribution is -0.131. The molecule has 24 heavy (non-hydrogen) atoms. The van der Waals surface area contributed by atoms with E-state index in [9.17, 15) is 4.79 Å². The van der Waals surface area contributed by atoms with Crippen LogP contribution in [0.15, 0.2) is 46.9 Å². The highest BCUT2D eigenvalue weighted by molar-refractivity contribution is 9.10. The number of benzene rings is 2. The molecule has 1 aromatic heterocycles. The summed E-state index contributed by atoms with van der Waals surface area (Å²) in [6.07, 6.45) is 1.35. The smallest absolute Gasteiger partial charge is 0.227 e. The molecule has 1 aliphatic rings. The Balaban J connectivity index is 1.57. The minimum absolute atomic E-state index is 0.195. The predicted octanol–water partition coefficient (Wildman–Crippen LogP) is 4.37. The minimum Gasteiger partial charge on any atom is -0.358 e. The number of rotatable bonds is 2. The zero-order valence-corrected chi connectivity index (χ0v) is 15.2. The van der Waals surface area contributed by atoms with Crippen molar-refractivity contribution in [3.05, 3.63) is 69.3 Å². The molecule has 1 amide bonds. The SMILES string of the molecule is Cc1ccc2c3c([nH]c2c1)CCN(C(=O)Cc1cccc(Br)c1)C3. The summed E-state index contributed by atoms with van der Waals surface area (Å²) in [6, 6.07) is 14.5. The average Bonchev–Trinajstić information content (AvgIpc) is 2.91. The molecule has 4 rings (SSSR count). The number of aromatic amines is 1. The van der Waals surface area contributed by atoms with Crippen molar-refractivity contribution in [2.75, 3.05) is 6.54 Å². The van der Waals surface area contributed by atoms with E-state index in [1.165, 1.54) is 27.7 Å². The van der Waals surface area contributed by atoms with E-state index in [-0.39, 0.29) is 5.91 Å². The summed E-state index contributed by atoms with van der Waals surface area (Å²) < 4.78 is 1.01. The molecule has 2 heterocycles. The van der Waals surface area contributed by atoms with E-state index >= 15 is 0 Å². The van der Waals surface area contributed by atoms with Gasteiger partial charge in [0.15, 0.2) is 0 Å². The summed E-state index contributed by atoms with van der Waals surface area (Å²) in [6.45, 7) is 3.59. The highest BCUT2D eigenvalue weighted by Gasteiger charge is 2.24. The first-order chi connectivity index (χ1) is 11.6. The van der Waals surface area contributed by atoms with Gasteiger partial charge < -0.3 is 9.88 Å². The number of carbonyl (C=O) groups excluding carboxylic acids is 1. The molecule has 1 aliphatic heterocycles. The van der Waals surface area contributed by atoms with Crippen LogP contribution in [0.1, 0.15) is 22.4 Å². The Labute approximate surface area is 149 Å². The van der Waals surface area contributed by atoms with E-state index in [1.54, 1.807) is 0 Å². The maximum Gasteiger partial charge on any atom is 0.227 e. The van der Waals surface area contributed by atoms with Crippen molar-refractivity contribution in [3.8, 4) is 0 Å². The molecular weight excluding hydrogens is 364 g/mol. The van der Waals surface area contributed by atoms with Crippen molar-refractivity contribution < 1.29 is 4.79 Å². The maximum atomic E-state index is 12.7. The van der Waals surface area contributed by atoms with E-state index in [0.717, 1.165) is 23.0 Å². The molecule has 2 aromatic carbocycles. The fourth-order valence-corrected chi connectivity index (χ4v) is 3.93. The summed E-state index contributed by atoms with van der Waals surface area (Å²) in [5.41, 5.74) is 6.04. The lowest BCUT2D eigenvalue weighted by Crippen LogP contribution is -2.36. The van der Waals surface area contributed by atoms with Crippen molar-refractivity contribution in [1.29, 1.82) is 0 Å². The normalized spacial score (nSPS) is 14.0. The fourth-order valence-electron chi connectivity index (χ4n) is 3.48. The Morgan fingerprint density at radius 1 is 1.25 bits per heavy atom.